The van der Waals surface area contributed by atoms with Gasteiger partial charge < -0.3 is 19.8 Å². The Morgan fingerprint density at radius 2 is 0.964 bits per heavy atom. The minimum atomic E-state index is -4.34. The average Bonchev–Trinajstić information content (AvgIpc) is 3.15. The first-order chi connectivity index (χ1) is 27.0. The van der Waals surface area contributed by atoms with Gasteiger partial charge in [0.1, 0.15) is 13.2 Å². The fraction of sp³-hybridized carbons (Fsp3) is 0.894. The van der Waals surface area contributed by atoms with Crippen molar-refractivity contribution >= 4 is 13.7 Å². The quantitative estimate of drug-likeness (QED) is 0.0245. The van der Waals surface area contributed by atoms with Crippen LogP contribution in [0.25, 0.3) is 0 Å². The number of allylic oxidation sites excluding steroid dienone is 3. The molecule has 0 rings (SSSR count). The lowest BCUT2D eigenvalue weighted by atomic mass is 10.0. The fourth-order valence-corrected chi connectivity index (χ4v) is 7.60. The number of nitrogens with one attached hydrogen (secondary N) is 1. The first kappa shape index (κ1) is 55.0. The third-order valence-electron chi connectivity index (χ3n) is 10.7. The van der Waals surface area contributed by atoms with Crippen LogP contribution in [0.3, 0.4) is 0 Å². The summed E-state index contributed by atoms with van der Waals surface area (Å²) in [6.45, 7) is 4.80. The number of nitrogens with zero attached hydrogens (tertiary/aromatic N) is 1. The zero-order chi connectivity index (χ0) is 41.4. The van der Waals surface area contributed by atoms with Crippen LogP contribution < -0.4 is 5.32 Å². The van der Waals surface area contributed by atoms with Gasteiger partial charge in [0.2, 0.25) is 5.91 Å². The number of aliphatic hydroxyl groups excluding tert-OH is 1. The molecule has 1 amide bonds. The Morgan fingerprint density at radius 1 is 0.589 bits per heavy atom. The molecule has 0 heterocycles. The van der Waals surface area contributed by atoms with E-state index >= 15 is 0 Å². The number of quaternary nitrogens is 1. The van der Waals surface area contributed by atoms with Crippen molar-refractivity contribution < 1.29 is 32.9 Å². The van der Waals surface area contributed by atoms with Gasteiger partial charge in [0, 0.05) is 6.42 Å². The van der Waals surface area contributed by atoms with E-state index < -0.39 is 20.0 Å². The van der Waals surface area contributed by atoms with Crippen LogP contribution in [0.4, 0.5) is 0 Å². The Labute approximate surface area is 347 Å². The minimum absolute atomic E-state index is 0.0600. The van der Waals surface area contributed by atoms with Gasteiger partial charge in [-0.3, -0.25) is 13.8 Å². The number of carbonyl (C=O) groups excluding carboxylic acids is 1. The van der Waals surface area contributed by atoms with E-state index in [0.29, 0.717) is 17.4 Å². The van der Waals surface area contributed by atoms with Crippen molar-refractivity contribution in [1.82, 2.24) is 5.32 Å². The second kappa shape index (κ2) is 39.4. The number of carbonyl (C=O) groups is 1. The molecule has 3 atom stereocenters. The fourth-order valence-electron chi connectivity index (χ4n) is 6.86. The number of unbranched alkanes of at least 4 members (excludes halogenated alkanes) is 28. The van der Waals surface area contributed by atoms with Gasteiger partial charge in [-0.1, -0.05) is 192 Å². The lowest BCUT2D eigenvalue weighted by Gasteiger charge is -2.25. The second-order valence-electron chi connectivity index (χ2n) is 17.5. The largest absolute Gasteiger partial charge is 0.472 e. The van der Waals surface area contributed by atoms with E-state index in [1.807, 2.05) is 27.2 Å². The summed E-state index contributed by atoms with van der Waals surface area (Å²) in [4.78, 5) is 23.1. The minimum Gasteiger partial charge on any atom is -0.387 e. The molecule has 9 heteroatoms. The van der Waals surface area contributed by atoms with Crippen LogP contribution >= 0.6 is 7.82 Å². The van der Waals surface area contributed by atoms with E-state index in [2.05, 4.69) is 31.3 Å². The number of amides is 1. The molecule has 0 radical (unpaired) electrons. The van der Waals surface area contributed by atoms with Gasteiger partial charge in [0.05, 0.1) is 39.9 Å². The van der Waals surface area contributed by atoms with E-state index in [1.165, 1.54) is 148 Å². The van der Waals surface area contributed by atoms with E-state index in [-0.39, 0.29) is 19.1 Å². The zero-order valence-electron chi connectivity index (χ0n) is 37.6. The molecule has 0 aromatic heterocycles. The van der Waals surface area contributed by atoms with Gasteiger partial charge in [0.15, 0.2) is 0 Å². The van der Waals surface area contributed by atoms with Gasteiger partial charge in [0.25, 0.3) is 0 Å². The molecule has 0 saturated carbocycles. The van der Waals surface area contributed by atoms with Gasteiger partial charge in [-0.05, 0) is 44.9 Å². The number of hydrogen-bond donors (Lipinski definition) is 3. The number of hydrogen-bond acceptors (Lipinski definition) is 5. The molecule has 332 valence electrons. The van der Waals surface area contributed by atoms with Gasteiger partial charge >= 0.3 is 7.82 Å². The molecular weight excluding hydrogens is 719 g/mol. The van der Waals surface area contributed by atoms with Gasteiger partial charge in [-0.2, -0.15) is 0 Å². The maximum atomic E-state index is 12.9. The van der Waals surface area contributed by atoms with Crippen LogP contribution in [0.5, 0.6) is 0 Å². The highest BCUT2D eigenvalue weighted by Crippen LogP contribution is 2.43. The molecule has 56 heavy (non-hydrogen) atoms. The van der Waals surface area contributed by atoms with E-state index in [0.717, 1.165) is 51.4 Å². The SMILES string of the molecule is CCCCCCCC/C=C\CCCCCC(=O)NC(COP(=O)(O)OCC[N+](C)(C)C)C(O)/C=C/CCCCCCCCCCCCCCCCCCCCC. The highest BCUT2D eigenvalue weighted by atomic mass is 31.2. The Bertz CT molecular complexity index is 969. The maximum Gasteiger partial charge on any atom is 0.472 e. The number of phosphoric ester groups is 1. The number of phosphoric acid groups is 1. The highest BCUT2D eigenvalue weighted by molar-refractivity contribution is 7.47. The van der Waals surface area contributed by atoms with Crippen molar-refractivity contribution in [2.24, 2.45) is 0 Å². The number of likely N-dealkylation sites (N-methyl/N-ethyl adjacent to an activating group) is 1. The monoisotopic (exact) mass is 814 g/mol. The van der Waals surface area contributed by atoms with Crippen LogP contribution in [0.2, 0.25) is 0 Å². The van der Waals surface area contributed by atoms with Crippen LogP contribution in [0.15, 0.2) is 24.3 Å². The molecule has 3 unspecified atom stereocenters. The summed E-state index contributed by atoms with van der Waals surface area (Å²) < 4.78 is 23.6. The van der Waals surface area contributed by atoms with E-state index in [9.17, 15) is 19.4 Å². The normalized spacial score (nSPS) is 14.5. The predicted molar refractivity (Wildman–Crippen MR) is 240 cm³/mol. The molecule has 0 aliphatic carbocycles. The lowest BCUT2D eigenvalue weighted by molar-refractivity contribution is -0.870. The third kappa shape index (κ3) is 41.2. The molecule has 0 fully saturated rings. The van der Waals surface area contributed by atoms with E-state index in [4.69, 9.17) is 9.05 Å². The predicted octanol–water partition coefficient (Wildman–Crippen LogP) is 13.3. The summed E-state index contributed by atoms with van der Waals surface area (Å²) in [6, 6.07) is -0.851. The lowest BCUT2D eigenvalue weighted by Crippen LogP contribution is -2.45. The Balaban J connectivity index is 4.35. The summed E-state index contributed by atoms with van der Waals surface area (Å²) in [7, 11) is 1.57. The molecule has 0 saturated heterocycles. The zero-order valence-corrected chi connectivity index (χ0v) is 38.5. The summed E-state index contributed by atoms with van der Waals surface area (Å²) in [5, 5.41) is 13.8. The molecule has 0 spiro atoms. The topological polar surface area (TPSA) is 105 Å². The summed E-state index contributed by atoms with van der Waals surface area (Å²) in [5.74, 6) is -0.192. The van der Waals surface area contributed by atoms with Crippen LogP contribution in [-0.4, -0.2) is 73.4 Å². The van der Waals surface area contributed by atoms with Crippen molar-refractivity contribution in [3.05, 3.63) is 24.3 Å². The number of rotatable bonds is 43. The van der Waals surface area contributed by atoms with Crippen molar-refractivity contribution in [3.63, 3.8) is 0 Å². The maximum absolute atomic E-state index is 12.9. The van der Waals surface area contributed by atoms with Crippen LogP contribution in [-0.2, 0) is 18.4 Å². The molecule has 0 aliphatic heterocycles. The smallest absolute Gasteiger partial charge is 0.387 e. The van der Waals surface area contributed by atoms with Crippen molar-refractivity contribution in [2.75, 3.05) is 40.9 Å². The summed E-state index contributed by atoms with van der Waals surface area (Å²) in [5.41, 5.74) is 0. The van der Waals surface area contributed by atoms with Crippen molar-refractivity contribution in [1.29, 1.82) is 0 Å². The van der Waals surface area contributed by atoms with Crippen molar-refractivity contribution in [2.45, 2.75) is 231 Å². The van der Waals surface area contributed by atoms with Crippen LogP contribution in [0.1, 0.15) is 219 Å². The molecule has 0 bridgehead atoms. The molecular formula is C47H94N2O6P+. The van der Waals surface area contributed by atoms with Gasteiger partial charge in [-0.15, -0.1) is 0 Å². The Hall–Kier alpha value is -1.02. The Kier molecular flexibility index (Phi) is 38.7. The molecule has 0 aromatic rings. The molecule has 0 aromatic carbocycles. The standard InChI is InChI=1S/C47H93N2O6P/c1-6-8-10-12-14-16-18-20-21-22-23-24-25-26-27-29-30-32-34-36-38-40-46(50)45(44-55-56(52,53)54-43-42-49(3,4)5)48-47(51)41-39-37-35-33-31-28-19-17-15-13-11-9-7-2/h28,31,38,40,45-46,50H,6-27,29-30,32-37,39,41-44H2,1-5H3,(H-,48,51,52,53)/p+1/b31-28-,40-38+. The molecule has 8 nitrogen and oxygen atoms in total. The highest BCUT2D eigenvalue weighted by Gasteiger charge is 2.27. The molecule has 0 aliphatic rings. The number of aliphatic hydroxyl groups is 1. The van der Waals surface area contributed by atoms with Gasteiger partial charge in [-0.25, -0.2) is 4.57 Å². The third-order valence-corrected chi connectivity index (χ3v) is 11.6. The average molecular weight is 814 g/mol. The second-order valence-corrected chi connectivity index (χ2v) is 18.9. The molecule has 3 N–H and O–H groups in total. The van der Waals surface area contributed by atoms with Crippen LogP contribution in [0, 0.1) is 0 Å². The van der Waals surface area contributed by atoms with E-state index in [1.54, 1.807) is 6.08 Å². The summed E-state index contributed by atoms with van der Waals surface area (Å²) in [6.07, 6.45) is 46.8. The Morgan fingerprint density at radius 3 is 1.38 bits per heavy atom. The first-order valence-corrected chi connectivity index (χ1v) is 25.2. The first-order valence-electron chi connectivity index (χ1n) is 23.7. The van der Waals surface area contributed by atoms with Crippen molar-refractivity contribution in [3.8, 4) is 0 Å². The summed E-state index contributed by atoms with van der Waals surface area (Å²) >= 11 is 0.